The number of nitrogens with one attached hydrogen (secondary N) is 1. The van der Waals surface area contributed by atoms with Gasteiger partial charge in [0.15, 0.2) is 12.2 Å². The number of benzene rings is 1. The van der Waals surface area contributed by atoms with Gasteiger partial charge in [-0.25, -0.2) is 0 Å². The molecule has 2 unspecified atom stereocenters. The Balaban J connectivity index is 1.26. The van der Waals surface area contributed by atoms with Crippen LogP contribution in [0, 0.1) is 0 Å². The monoisotopic (exact) mass is 501 g/mol. The van der Waals surface area contributed by atoms with Gasteiger partial charge in [-0.1, -0.05) is 41.9 Å². The molecule has 3 N–H and O–H groups in total. The van der Waals surface area contributed by atoms with E-state index in [-0.39, 0.29) is 11.3 Å². The smallest absolute Gasteiger partial charge is 0.255 e. The summed E-state index contributed by atoms with van der Waals surface area (Å²) in [7, 11) is 0. The van der Waals surface area contributed by atoms with E-state index in [0.29, 0.717) is 13.1 Å². The highest BCUT2D eigenvalue weighted by Crippen LogP contribution is 2.35. The summed E-state index contributed by atoms with van der Waals surface area (Å²) in [4.78, 5) is 32.3. The maximum atomic E-state index is 12.9. The van der Waals surface area contributed by atoms with Crippen molar-refractivity contribution in [1.82, 2.24) is 15.2 Å². The van der Waals surface area contributed by atoms with Gasteiger partial charge < -0.3 is 20.4 Å². The molecule has 4 atom stereocenters. The number of likely N-dealkylation sites (tertiary alicyclic amines) is 1. The van der Waals surface area contributed by atoms with E-state index in [2.05, 4.69) is 16.4 Å². The number of thioether (sulfide) groups is 1. The molecule has 9 heteroatoms. The van der Waals surface area contributed by atoms with E-state index in [1.165, 1.54) is 9.81 Å². The van der Waals surface area contributed by atoms with Crippen molar-refractivity contribution in [2.45, 2.75) is 49.2 Å². The van der Waals surface area contributed by atoms with Crippen molar-refractivity contribution in [2.75, 3.05) is 13.1 Å². The minimum atomic E-state index is -1.83. The zero-order valence-electron chi connectivity index (χ0n) is 18.6. The van der Waals surface area contributed by atoms with Gasteiger partial charge in [-0.15, -0.1) is 11.8 Å². The Hall–Kier alpha value is -2.39. The van der Waals surface area contributed by atoms with E-state index in [0.717, 1.165) is 42.0 Å². The quantitative estimate of drug-likeness (QED) is 0.514. The van der Waals surface area contributed by atoms with Gasteiger partial charge >= 0.3 is 0 Å². The number of carbonyl (C=O) groups is 2. The highest BCUT2D eigenvalue weighted by molar-refractivity contribution is 8.03. The zero-order valence-corrected chi connectivity index (χ0v) is 20.2. The number of nitrogens with zero attached hydrogens (tertiary/aromatic N) is 2. The van der Waals surface area contributed by atoms with Gasteiger partial charge in [-0.05, 0) is 47.9 Å². The van der Waals surface area contributed by atoms with Crippen LogP contribution in [0.5, 0.6) is 0 Å². The fraction of sp³-hybridized carbons (Fsp3) is 0.400. The molecule has 0 saturated carbocycles. The first kappa shape index (κ1) is 24.7. The minimum absolute atomic E-state index is 0.119. The summed E-state index contributed by atoms with van der Waals surface area (Å²) in [6.07, 6.45) is 3.13. The van der Waals surface area contributed by atoms with Crippen molar-refractivity contribution in [3.63, 3.8) is 0 Å². The molecule has 4 rings (SSSR count). The summed E-state index contributed by atoms with van der Waals surface area (Å²) >= 11 is 7.91. The van der Waals surface area contributed by atoms with Crippen LogP contribution in [0.4, 0.5) is 0 Å². The lowest BCUT2D eigenvalue weighted by Crippen LogP contribution is -2.51. The molecule has 0 aliphatic carbocycles. The summed E-state index contributed by atoms with van der Waals surface area (Å²) < 4.78 is 0. The molecule has 1 aromatic heterocycles. The van der Waals surface area contributed by atoms with Crippen LogP contribution in [0.1, 0.15) is 36.6 Å². The number of allylic oxidation sites excluding steroid dienone is 2. The molecular weight excluding hydrogens is 474 g/mol. The van der Waals surface area contributed by atoms with Gasteiger partial charge in [0.05, 0.1) is 11.7 Å². The molecule has 1 aromatic carbocycles. The number of amides is 2. The van der Waals surface area contributed by atoms with Crippen LogP contribution in [0.25, 0.3) is 0 Å². The van der Waals surface area contributed by atoms with Crippen LogP contribution < -0.4 is 5.32 Å². The summed E-state index contributed by atoms with van der Waals surface area (Å²) in [5.41, 5.74) is 1.79. The lowest BCUT2D eigenvalue weighted by atomic mass is 10.1. The molecule has 0 radical (unpaired) electrons. The second kappa shape index (κ2) is 11.4. The Bertz CT molecular complexity index is 1050. The van der Waals surface area contributed by atoms with Gasteiger partial charge in [-0.3, -0.25) is 14.6 Å². The number of hydrogen-bond donors (Lipinski definition) is 3. The number of carbonyl (C=O) groups excluding carboxylic acids is 2. The fourth-order valence-electron chi connectivity index (χ4n) is 4.32. The third kappa shape index (κ3) is 5.81. The summed E-state index contributed by atoms with van der Waals surface area (Å²) in [6.45, 7) is 0.772. The molecule has 1 saturated heterocycles. The molecule has 0 spiro atoms. The van der Waals surface area contributed by atoms with E-state index >= 15 is 0 Å². The largest absolute Gasteiger partial charge is 0.380 e. The molecule has 180 valence electrons. The molecule has 2 aliphatic heterocycles. The number of aromatic nitrogens is 1. The Labute approximate surface area is 208 Å². The number of hydrogen-bond acceptors (Lipinski definition) is 6. The first-order valence-electron chi connectivity index (χ1n) is 11.4. The van der Waals surface area contributed by atoms with Crippen LogP contribution in [-0.2, 0) is 16.0 Å². The lowest BCUT2D eigenvalue weighted by molar-refractivity contribution is -0.153. The van der Waals surface area contributed by atoms with Gasteiger partial charge in [-0.2, -0.15) is 0 Å². The van der Waals surface area contributed by atoms with E-state index in [9.17, 15) is 19.8 Å². The Morgan fingerprint density at radius 3 is 2.74 bits per heavy atom. The molecular formula is C25H28ClN3O4S. The molecule has 34 heavy (non-hydrogen) atoms. The summed E-state index contributed by atoms with van der Waals surface area (Å²) in [5, 5.41) is 24.3. The van der Waals surface area contributed by atoms with Crippen LogP contribution in [-0.4, -0.2) is 62.5 Å². The number of halogens is 1. The molecule has 3 heterocycles. The second-order valence-corrected chi connectivity index (χ2v) is 10.3. The third-order valence-corrected chi connectivity index (χ3v) is 7.81. The molecule has 0 bridgehead atoms. The predicted molar refractivity (Wildman–Crippen MR) is 132 cm³/mol. The van der Waals surface area contributed by atoms with Crippen molar-refractivity contribution in [1.29, 1.82) is 0 Å². The second-order valence-electron chi connectivity index (χ2n) is 8.49. The van der Waals surface area contributed by atoms with Crippen LogP contribution in [0.3, 0.4) is 0 Å². The molecule has 2 aromatic rings. The van der Waals surface area contributed by atoms with Gasteiger partial charge in [0.25, 0.3) is 11.8 Å². The average Bonchev–Trinajstić information content (AvgIpc) is 3.53. The Kier molecular flexibility index (Phi) is 8.26. The average molecular weight is 502 g/mol. The zero-order chi connectivity index (χ0) is 24.1. The normalized spacial score (nSPS) is 21.7. The van der Waals surface area contributed by atoms with Gasteiger partial charge in [0.2, 0.25) is 0 Å². The number of aliphatic hydroxyl groups excluding tert-OH is 2. The Morgan fingerprint density at radius 2 is 1.97 bits per heavy atom. The van der Waals surface area contributed by atoms with Crippen molar-refractivity contribution < 1.29 is 19.8 Å². The SMILES string of the molecule is O=C(NCC1CC=C(Cc2ccccc2Cl)S1)[C@H](O)[C@@H](O)C(=O)N1CCCC1c1ccccn1. The standard InChI is InChI=1S/C25H28ClN3O4S/c26-19-7-2-1-6-16(19)14-17-10-11-18(34-17)15-28-24(32)22(30)23(31)25(33)29-13-5-9-21(29)20-8-3-4-12-27-20/h1-4,6-8,10,12,18,21-23,30-31H,5,9,11,13-15H2,(H,28,32)/t18?,21?,22-,23-/m1/s1. The Morgan fingerprint density at radius 1 is 1.18 bits per heavy atom. The van der Waals surface area contributed by atoms with Crippen molar-refractivity contribution in [2.24, 2.45) is 0 Å². The molecule has 7 nitrogen and oxygen atoms in total. The van der Waals surface area contributed by atoms with Crippen LogP contribution in [0.2, 0.25) is 5.02 Å². The number of aliphatic hydroxyl groups is 2. The predicted octanol–water partition coefficient (Wildman–Crippen LogP) is 2.87. The van der Waals surface area contributed by atoms with Gasteiger partial charge in [0, 0.05) is 36.0 Å². The molecule has 2 amide bonds. The van der Waals surface area contributed by atoms with E-state index in [1.54, 1.807) is 24.0 Å². The summed E-state index contributed by atoms with van der Waals surface area (Å²) in [5.74, 6) is -1.41. The third-order valence-electron chi connectivity index (χ3n) is 6.14. The molecule has 1 fully saturated rings. The first-order chi connectivity index (χ1) is 16.4. The topological polar surface area (TPSA) is 103 Å². The fourth-order valence-corrected chi connectivity index (χ4v) is 5.74. The van der Waals surface area contributed by atoms with E-state index < -0.39 is 24.0 Å². The lowest BCUT2D eigenvalue weighted by Gasteiger charge is -2.28. The number of pyridine rings is 1. The van der Waals surface area contributed by atoms with Crippen LogP contribution in [0.15, 0.2) is 59.6 Å². The van der Waals surface area contributed by atoms with E-state index in [1.807, 2.05) is 36.4 Å². The number of rotatable bonds is 8. The van der Waals surface area contributed by atoms with E-state index in [4.69, 9.17) is 11.6 Å². The highest BCUT2D eigenvalue weighted by Gasteiger charge is 2.39. The maximum absolute atomic E-state index is 12.9. The van der Waals surface area contributed by atoms with Crippen molar-refractivity contribution >= 4 is 35.2 Å². The first-order valence-corrected chi connectivity index (χ1v) is 12.6. The maximum Gasteiger partial charge on any atom is 0.255 e. The highest BCUT2D eigenvalue weighted by atomic mass is 35.5. The van der Waals surface area contributed by atoms with Crippen LogP contribution >= 0.6 is 23.4 Å². The summed E-state index contributed by atoms with van der Waals surface area (Å²) in [6, 6.07) is 12.9. The minimum Gasteiger partial charge on any atom is -0.380 e. The van der Waals surface area contributed by atoms with Gasteiger partial charge in [0.1, 0.15) is 0 Å². The van der Waals surface area contributed by atoms with Crippen molar-refractivity contribution in [3.05, 3.63) is 75.9 Å². The molecule has 2 aliphatic rings. The van der Waals surface area contributed by atoms with Crippen molar-refractivity contribution in [3.8, 4) is 0 Å².